The summed E-state index contributed by atoms with van der Waals surface area (Å²) >= 11 is 0.817. The number of hydrogen-bond donors (Lipinski definition) is 1. The predicted molar refractivity (Wildman–Crippen MR) is 111 cm³/mol. The number of rotatable bonds is 8. The number of aromatic nitrogens is 1. The molecule has 2 aromatic rings. The van der Waals surface area contributed by atoms with Crippen LogP contribution in [0.2, 0.25) is 0 Å². The molecule has 1 N–H and O–H groups in total. The summed E-state index contributed by atoms with van der Waals surface area (Å²) in [6, 6.07) is 9.37. The average molecular weight is 465 g/mol. The monoisotopic (exact) mass is 465 g/mol. The Balaban J connectivity index is 1.47. The summed E-state index contributed by atoms with van der Waals surface area (Å²) < 4.78 is 40.9. The largest absolute Gasteiger partial charge is 0.411 e. The Labute approximate surface area is 185 Å². The zero-order chi connectivity index (χ0) is 23.1. The van der Waals surface area contributed by atoms with E-state index in [1.54, 1.807) is 30.6 Å². The van der Waals surface area contributed by atoms with Crippen molar-refractivity contribution in [3.63, 3.8) is 0 Å². The van der Waals surface area contributed by atoms with Gasteiger partial charge in [0.25, 0.3) is 17.1 Å². The van der Waals surface area contributed by atoms with Crippen LogP contribution in [-0.4, -0.2) is 52.8 Å². The van der Waals surface area contributed by atoms with E-state index in [-0.39, 0.29) is 30.2 Å². The number of carbonyl (C=O) groups is 3. The van der Waals surface area contributed by atoms with E-state index in [0.717, 1.165) is 16.7 Å². The van der Waals surface area contributed by atoms with Crippen molar-refractivity contribution in [2.24, 2.45) is 0 Å². The number of imide groups is 1. The van der Waals surface area contributed by atoms with Crippen LogP contribution in [0.1, 0.15) is 21.5 Å². The number of alkyl halides is 3. The van der Waals surface area contributed by atoms with Gasteiger partial charge in [-0.25, -0.2) is 0 Å². The van der Waals surface area contributed by atoms with Crippen LogP contribution in [0.5, 0.6) is 0 Å². The van der Waals surface area contributed by atoms with Gasteiger partial charge in [0, 0.05) is 31.0 Å². The molecule has 0 spiro atoms. The number of nitrogens with zero attached hydrogens (tertiary/aromatic N) is 2. The highest BCUT2D eigenvalue weighted by molar-refractivity contribution is 8.18. The number of benzene rings is 1. The van der Waals surface area contributed by atoms with Crippen molar-refractivity contribution in [2.75, 3.05) is 19.7 Å². The number of carbonyl (C=O) groups excluding carboxylic acids is 3. The lowest BCUT2D eigenvalue weighted by atomic mass is 10.1. The van der Waals surface area contributed by atoms with Crippen molar-refractivity contribution in [3.05, 3.63) is 70.4 Å². The van der Waals surface area contributed by atoms with Gasteiger partial charge in [0.2, 0.25) is 0 Å². The zero-order valence-electron chi connectivity index (χ0n) is 16.6. The molecule has 1 aromatic carbocycles. The molecule has 1 aromatic heterocycles. The minimum Gasteiger partial charge on any atom is -0.367 e. The first kappa shape index (κ1) is 23.5. The van der Waals surface area contributed by atoms with Crippen LogP contribution < -0.4 is 5.32 Å². The molecule has 1 saturated heterocycles. The van der Waals surface area contributed by atoms with Gasteiger partial charge in [-0.2, -0.15) is 13.2 Å². The van der Waals surface area contributed by atoms with Gasteiger partial charge in [-0.05, 0) is 47.2 Å². The molecule has 3 rings (SSSR count). The number of thioether (sulfide) groups is 1. The molecule has 7 nitrogen and oxygen atoms in total. The minimum absolute atomic E-state index is 0.00412. The molecule has 168 valence electrons. The lowest BCUT2D eigenvalue weighted by Crippen LogP contribution is -2.37. The van der Waals surface area contributed by atoms with Crippen LogP contribution in [0.25, 0.3) is 6.08 Å². The van der Waals surface area contributed by atoms with Crippen LogP contribution in [0.3, 0.4) is 0 Å². The van der Waals surface area contributed by atoms with Gasteiger partial charge in [0.1, 0.15) is 6.61 Å². The fraction of sp³-hybridized carbons (Fsp3) is 0.238. The normalized spacial score (nSPS) is 15.5. The van der Waals surface area contributed by atoms with E-state index in [0.29, 0.717) is 11.1 Å². The van der Waals surface area contributed by atoms with Crippen LogP contribution in [0.15, 0.2) is 53.7 Å². The maximum absolute atomic E-state index is 12.5. The molecule has 1 aliphatic heterocycles. The van der Waals surface area contributed by atoms with Crippen LogP contribution in [0, 0.1) is 0 Å². The molecular formula is C21H18F3N3O4S. The highest BCUT2D eigenvalue weighted by Crippen LogP contribution is 2.31. The highest BCUT2D eigenvalue weighted by Gasteiger charge is 2.34. The Morgan fingerprint density at radius 1 is 1.19 bits per heavy atom. The van der Waals surface area contributed by atoms with E-state index in [1.165, 1.54) is 24.3 Å². The van der Waals surface area contributed by atoms with Crippen LogP contribution in [0.4, 0.5) is 18.0 Å². The Morgan fingerprint density at radius 2 is 1.94 bits per heavy atom. The molecule has 3 amide bonds. The number of halogens is 3. The quantitative estimate of drug-likeness (QED) is 0.599. The first-order chi connectivity index (χ1) is 15.2. The first-order valence-electron chi connectivity index (χ1n) is 9.40. The SMILES string of the molecule is O=C(NCCN1C(=O)S/C(=C/c2cccnc2)C1=O)c1ccc(COCC(F)(F)F)cc1. The second-order valence-corrected chi connectivity index (χ2v) is 7.67. The molecule has 32 heavy (non-hydrogen) atoms. The van der Waals surface area contributed by atoms with Gasteiger partial charge < -0.3 is 10.1 Å². The zero-order valence-corrected chi connectivity index (χ0v) is 17.4. The Hall–Kier alpha value is -3.18. The van der Waals surface area contributed by atoms with Gasteiger partial charge >= 0.3 is 6.18 Å². The Morgan fingerprint density at radius 3 is 2.59 bits per heavy atom. The summed E-state index contributed by atoms with van der Waals surface area (Å²) in [7, 11) is 0. The molecule has 0 saturated carbocycles. The molecule has 1 fully saturated rings. The number of amides is 3. The maximum Gasteiger partial charge on any atom is 0.411 e. The summed E-state index contributed by atoms with van der Waals surface area (Å²) in [5, 5.41) is 2.18. The predicted octanol–water partition coefficient (Wildman–Crippen LogP) is 3.63. The van der Waals surface area contributed by atoms with Crippen molar-refractivity contribution < 1.29 is 32.3 Å². The van der Waals surface area contributed by atoms with Crippen molar-refractivity contribution in [3.8, 4) is 0 Å². The Bertz CT molecular complexity index is 1010. The van der Waals surface area contributed by atoms with Crippen molar-refractivity contribution in [2.45, 2.75) is 12.8 Å². The molecule has 1 aliphatic rings. The Kier molecular flexibility index (Phi) is 7.65. The van der Waals surface area contributed by atoms with E-state index in [9.17, 15) is 27.6 Å². The molecule has 0 aliphatic carbocycles. The molecule has 11 heteroatoms. The average Bonchev–Trinajstić information content (AvgIpc) is 3.01. The molecule has 2 heterocycles. The number of hydrogen-bond acceptors (Lipinski definition) is 6. The fourth-order valence-corrected chi connectivity index (χ4v) is 3.59. The van der Waals surface area contributed by atoms with Gasteiger partial charge in [-0.15, -0.1) is 0 Å². The second kappa shape index (κ2) is 10.4. The number of pyridine rings is 1. The number of nitrogens with one attached hydrogen (secondary N) is 1. The smallest absolute Gasteiger partial charge is 0.367 e. The van der Waals surface area contributed by atoms with E-state index in [1.807, 2.05) is 0 Å². The van der Waals surface area contributed by atoms with Gasteiger partial charge in [-0.3, -0.25) is 24.3 Å². The minimum atomic E-state index is -4.40. The fourth-order valence-electron chi connectivity index (χ4n) is 2.73. The van der Waals surface area contributed by atoms with Gasteiger partial charge in [0.05, 0.1) is 11.5 Å². The second-order valence-electron chi connectivity index (χ2n) is 6.68. The summed E-state index contributed by atoms with van der Waals surface area (Å²) in [5.41, 5.74) is 1.47. The van der Waals surface area contributed by atoms with Crippen molar-refractivity contribution >= 4 is 34.9 Å². The van der Waals surface area contributed by atoms with Crippen LogP contribution in [-0.2, 0) is 16.1 Å². The van der Waals surface area contributed by atoms with E-state index < -0.39 is 29.8 Å². The molecule has 0 unspecified atom stereocenters. The number of ether oxygens (including phenoxy) is 1. The summed E-state index contributed by atoms with van der Waals surface area (Å²) in [5.74, 6) is -0.882. The van der Waals surface area contributed by atoms with E-state index in [4.69, 9.17) is 0 Å². The molecule has 0 bridgehead atoms. The molecular weight excluding hydrogens is 447 g/mol. The first-order valence-corrected chi connectivity index (χ1v) is 10.2. The summed E-state index contributed by atoms with van der Waals surface area (Å²) in [6.45, 7) is -1.52. The highest BCUT2D eigenvalue weighted by atomic mass is 32.2. The molecule has 0 radical (unpaired) electrons. The van der Waals surface area contributed by atoms with E-state index in [2.05, 4.69) is 15.0 Å². The van der Waals surface area contributed by atoms with Crippen molar-refractivity contribution in [1.29, 1.82) is 0 Å². The summed E-state index contributed by atoms with van der Waals surface area (Å²) in [4.78, 5) is 42.1. The standard InChI is InChI=1S/C21H18F3N3O4S/c22-21(23,24)13-31-12-14-3-5-16(6-4-14)18(28)26-8-9-27-19(29)17(32-20(27)30)10-15-2-1-7-25-11-15/h1-7,10-11H,8-9,12-13H2,(H,26,28)/b17-10+. The van der Waals surface area contributed by atoms with E-state index >= 15 is 0 Å². The topological polar surface area (TPSA) is 88.6 Å². The van der Waals surface area contributed by atoms with Crippen molar-refractivity contribution in [1.82, 2.24) is 15.2 Å². The third kappa shape index (κ3) is 6.66. The van der Waals surface area contributed by atoms with Crippen LogP contribution >= 0.6 is 11.8 Å². The third-order valence-electron chi connectivity index (χ3n) is 4.23. The molecule has 0 atom stereocenters. The van der Waals surface area contributed by atoms with Gasteiger partial charge in [0.15, 0.2) is 0 Å². The maximum atomic E-state index is 12.5. The van der Waals surface area contributed by atoms with Gasteiger partial charge in [-0.1, -0.05) is 18.2 Å². The lowest BCUT2D eigenvalue weighted by Gasteiger charge is -2.13. The third-order valence-corrected chi connectivity index (χ3v) is 5.13. The lowest BCUT2D eigenvalue weighted by molar-refractivity contribution is -0.176. The summed E-state index contributed by atoms with van der Waals surface area (Å²) in [6.07, 6.45) is 0.352.